The van der Waals surface area contributed by atoms with E-state index in [9.17, 15) is 9.00 Å². The first-order valence-electron chi connectivity index (χ1n) is 9.58. The summed E-state index contributed by atoms with van der Waals surface area (Å²) in [6.45, 7) is 3.63. The van der Waals surface area contributed by atoms with Crippen LogP contribution in [0.4, 0.5) is 5.82 Å². The average Bonchev–Trinajstić information content (AvgIpc) is 3.09. The zero-order valence-electron chi connectivity index (χ0n) is 17.1. The molecular formula is C19H24N8O2S. The van der Waals surface area contributed by atoms with Crippen LogP contribution >= 0.6 is 0 Å². The van der Waals surface area contributed by atoms with Gasteiger partial charge in [0.1, 0.15) is 23.5 Å². The van der Waals surface area contributed by atoms with Gasteiger partial charge in [-0.25, -0.2) is 23.8 Å². The van der Waals surface area contributed by atoms with E-state index in [1.807, 2.05) is 6.07 Å². The maximum atomic E-state index is 12.2. The van der Waals surface area contributed by atoms with Gasteiger partial charge in [-0.3, -0.25) is 9.00 Å². The second-order valence-electron chi connectivity index (χ2n) is 7.94. The monoisotopic (exact) mass is 428 g/mol. The maximum absolute atomic E-state index is 12.2. The van der Waals surface area contributed by atoms with E-state index in [0.29, 0.717) is 29.5 Å². The lowest BCUT2D eigenvalue weighted by atomic mass is 9.96. The molecule has 0 spiro atoms. The summed E-state index contributed by atoms with van der Waals surface area (Å²) in [5.41, 5.74) is 7.35. The number of carbonyl (C=O) groups is 1. The Morgan fingerprint density at radius 2 is 2.03 bits per heavy atom. The van der Waals surface area contributed by atoms with Gasteiger partial charge in [-0.2, -0.15) is 5.10 Å². The molecule has 4 rings (SSSR count). The van der Waals surface area contributed by atoms with Crippen LogP contribution in [0.2, 0.25) is 0 Å². The molecule has 1 fully saturated rings. The summed E-state index contributed by atoms with van der Waals surface area (Å²) in [4.78, 5) is 26.8. The van der Waals surface area contributed by atoms with E-state index in [1.165, 1.54) is 12.4 Å². The van der Waals surface area contributed by atoms with Crippen molar-refractivity contribution in [3.05, 3.63) is 36.4 Å². The van der Waals surface area contributed by atoms with Gasteiger partial charge >= 0.3 is 0 Å². The van der Waals surface area contributed by atoms with Gasteiger partial charge in [0.2, 0.25) is 0 Å². The Balaban J connectivity index is 1.69. The van der Waals surface area contributed by atoms with Crippen LogP contribution in [0.1, 0.15) is 23.8 Å². The standard InChI is InChI=1S/C19H24N8O2S/c1-12-6-13(25-30(2,3)29)10-26(9-12)18-7-15(22-11-23-18)16-8-21-17-5-4-14(19(20)28)24-27(16)17/h4-5,7-8,11-13H,6,9-10H2,1-3H3,(H2,20,28). The Kier molecular flexibility index (Phi) is 5.14. The summed E-state index contributed by atoms with van der Waals surface area (Å²) in [7, 11) is -2.17. The number of piperidine rings is 1. The number of anilines is 1. The number of rotatable bonds is 4. The molecule has 0 aromatic carbocycles. The summed E-state index contributed by atoms with van der Waals surface area (Å²) in [6, 6.07) is 5.08. The van der Waals surface area contributed by atoms with Crippen molar-refractivity contribution in [1.82, 2.24) is 24.6 Å². The number of imidazole rings is 1. The third-order valence-corrected chi connectivity index (χ3v) is 5.70. The quantitative estimate of drug-likeness (QED) is 0.661. The van der Waals surface area contributed by atoms with Crippen LogP contribution in [-0.4, -0.2) is 66.3 Å². The molecule has 1 amide bonds. The fraction of sp³-hybridized carbons (Fsp3) is 0.421. The van der Waals surface area contributed by atoms with Crippen LogP contribution in [0.15, 0.2) is 35.1 Å². The van der Waals surface area contributed by atoms with Crippen molar-refractivity contribution in [2.45, 2.75) is 19.4 Å². The maximum Gasteiger partial charge on any atom is 0.269 e. The van der Waals surface area contributed by atoms with E-state index >= 15 is 0 Å². The molecule has 1 aliphatic heterocycles. The number of aromatic nitrogens is 5. The Labute approximate surface area is 174 Å². The van der Waals surface area contributed by atoms with Crippen LogP contribution < -0.4 is 10.6 Å². The predicted octanol–water partition coefficient (Wildman–Crippen LogP) is 1.23. The zero-order valence-corrected chi connectivity index (χ0v) is 17.9. The van der Waals surface area contributed by atoms with Gasteiger partial charge in [-0.05, 0) is 24.5 Å². The van der Waals surface area contributed by atoms with Gasteiger partial charge in [-0.1, -0.05) is 6.92 Å². The third-order valence-electron chi connectivity index (χ3n) is 4.89. The van der Waals surface area contributed by atoms with Crippen molar-refractivity contribution in [3.8, 4) is 11.4 Å². The number of carbonyl (C=O) groups excluding carboxylic acids is 1. The number of amides is 1. The number of hydrogen-bond acceptors (Lipinski definition) is 8. The minimum atomic E-state index is -2.17. The summed E-state index contributed by atoms with van der Waals surface area (Å²) < 4.78 is 18.2. The van der Waals surface area contributed by atoms with Crippen molar-refractivity contribution >= 4 is 27.1 Å². The molecule has 0 saturated carbocycles. The van der Waals surface area contributed by atoms with Crippen molar-refractivity contribution < 1.29 is 9.00 Å². The summed E-state index contributed by atoms with van der Waals surface area (Å²) >= 11 is 0. The van der Waals surface area contributed by atoms with Crippen molar-refractivity contribution in [2.75, 3.05) is 30.5 Å². The number of hydrogen-bond donors (Lipinski definition) is 1. The molecule has 1 aliphatic rings. The van der Waals surface area contributed by atoms with E-state index in [2.05, 4.69) is 36.2 Å². The Morgan fingerprint density at radius 1 is 1.23 bits per heavy atom. The van der Waals surface area contributed by atoms with E-state index < -0.39 is 15.6 Å². The Bertz CT molecular complexity index is 1220. The van der Waals surface area contributed by atoms with Crippen LogP contribution in [0.25, 0.3) is 17.0 Å². The molecule has 158 valence electrons. The molecule has 4 heterocycles. The van der Waals surface area contributed by atoms with Gasteiger partial charge in [0.15, 0.2) is 5.65 Å². The van der Waals surface area contributed by atoms with Crippen molar-refractivity contribution in [1.29, 1.82) is 0 Å². The first-order chi connectivity index (χ1) is 14.2. The van der Waals surface area contributed by atoms with Gasteiger partial charge in [0, 0.05) is 41.4 Å². The van der Waals surface area contributed by atoms with Gasteiger partial charge < -0.3 is 10.6 Å². The average molecular weight is 429 g/mol. The minimum absolute atomic E-state index is 0.00902. The lowest BCUT2D eigenvalue weighted by Crippen LogP contribution is -2.42. The molecule has 11 heteroatoms. The summed E-state index contributed by atoms with van der Waals surface area (Å²) in [5.74, 6) is 0.537. The zero-order chi connectivity index (χ0) is 21.5. The molecule has 2 atom stereocenters. The van der Waals surface area contributed by atoms with Gasteiger partial charge in [-0.15, -0.1) is 0 Å². The van der Waals surface area contributed by atoms with Crippen LogP contribution in [0, 0.1) is 5.92 Å². The predicted molar refractivity (Wildman–Crippen MR) is 115 cm³/mol. The number of nitrogens with two attached hydrogens (primary N) is 1. The van der Waals surface area contributed by atoms with E-state index in [1.54, 1.807) is 29.3 Å². The normalized spacial score (nSPS) is 19.8. The van der Waals surface area contributed by atoms with Gasteiger partial charge in [0.25, 0.3) is 5.91 Å². The van der Waals surface area contributed by atoms with Crippen LogP contribution in [-0.2, 0) is 9.73 Å². The largest absolute Gasteiger partial charge is 0.364 e. The van der Waals surface area contributed by atoms with Crippen molar-refractivity contribution in [3.63, 3.8) is 0 Å². The lowest BCUT2D eigenvalue weighted by Gasteiger charge is -2.35. The molecule has 30 heavy (non-hydrogen) atoms. The van der Waals surface area contributed by atoms with Crippen LogP contribution in [0.5, 0.6) is 0 Å². The van der Waals surface area contributed by atoms with Crippen LogP contribution in [0.3, 0.4) is 0 Å². The highest BCUT2D eigenvalue weighted by atomic mass is 32.2. The summed E-state index contributed by atoms with van der Waals surface area (Å²) in [6.07, 6.45) is 7.38. The SMILES string of the molecule is CC1CC(N=S(C)(C)=O)CN(c2cc(-c3cnc4ccc(C(N)=O)nn34)ncn2)C1. The topological polar surface area (TPSA) is 132 Å². The molecule has 1 saturated heterocycles. The van der Waals surface area contributed by atoms with E-state index in [4.69, 9.17) is 5.73 Å². The first-order valence-corrected chi connectivity index (χ1v) is 11.9. The first kappa shape index (κ1) is 20.2. The highest BCUT2D eigenvalue weighted by Crippen LogP contribution is 2.26. The second-order valence-corrected chi connectivity index (χ2v) is 10.5. The molecule has 2 N–H and O–H groups in total. The smallest absolute Gasteiger partial charge is 0.269 e. The fourth-order valence-corrected chi connectivity index (χ4v) is 4.65. The fourth-order valence-electron chi connectivity index (χ4n) is 3.78. The molecule has 10 nitrogen and oxygen atoms in total. The second kappa shape index (κ2) is 7.63. The highest BCUT2D eigenvalue weighted by Gasteiger charge is 2.26. The molecule has 0 bridgehead atoms. The lowest BCUT2D eigenvalue weighted by molar-refractivity contribution is 0.0994. The highest BCUT2D eigenvalue weighted by molar-refractivity contribution is 7.92. The van der Waals surface area contributed by atoms with E-state index in [-0.39, 0.29) is 11.7 Å². The third kappa shape index (κ3) is 4.25. The molecule has 2 unspecified atom stereocenters. The van der Waals surface area contributed by atoms with Gasteiger partial charge in [0.05, 0.1) is 17.9 Å². The summed E-state index contributed by atoms with van der Waals surface area (Å²) in [5, 5.41) is 4.28. The molecular weight excluding hydrogens is 404 g/mol. The van der Waals surface area contributed by atoms with Crippen molar-refractivity contribution in [2.24, 2.45) is 16.0 Å². The van der Waals surface area contributed by atoms with E-state index in [0.717, 1.165) is 18.8 Å². The molecule has 3 aromatic heterocycles. The molecule has 3 aromatic rings. The minimum Gasteiger partial charge on any atom is -0.364 e. The number of nitrogens with zero attached hydrogens (tertiary/aromatic N) is 7. The Morgan fingerprint density at radius 3 is 2.77 bits per heavy atom. The number of fused-ring (bicyclic) bond motifs is 1. The molecule has 0 aliphatic carbocycles. The number of primary amides is 1. The Hall–Kier alpha value is -3.08. The molecule has 0 radical (unpaired) electrons.